The van der Waals surface area contributed by atoms with E-state index in [0.717, 1.165) is 19.3 Å². The number of rotatable bonds is 7. The summed E-state index contributed by atoms with van der Waals surface area (Å²) >= 11 is 4.69. The molecule has 0 aliphatic carbocycles. The average Bonchev–Trinajstić information content (AvgIpc) is 2.38. The second kappa shape index (κ2) is 8.11. The highest BCUT2D eigenvalue weighted by atomic mass is 32.1. The number of unbranched alkanes of at least 4 members (excludes halogenated alkanes) is 2. The van der Waals surface area contributed by atoms with Gasteiger partial charge in [0, 0.05) is 6.61 Å². The van der Waals surface area contributed by atoms with Crippen molar-refractivity contribution in [2.75, 3.05) is 13.2 Å². The first-order valence-electron chi connectivity index (χ1n) is 5.97. The van der Waals surface area contributed by atoms with Crippen LogP contribution in [0.3, 0.4) is 0 Å². The van der Waals surface area contributed by atoms with Crippen molar-refractivity contribution in [1.29, 1.82) is 0 Å². The van der Waals surface area contributed by atoms with E-state index >= 15 is 0 Å². The topological polar surface area (TPSA) is 99.4 Å². The molecule has 1 aliphatic heterocycles. The van der Waals surface area contributed by atoms with Crippen LogP contribution >= 0.6 is 12.2 Å². The van der Waals surface area contributed by atoms with Gasteiger partial charge in [-0.15, -0.1) is 0 Å². The predicted molar refractivity (Wildman–Crippen MR) is 67.2 cm³/mol. The first-order valence-corrected chi connectivity index (χ1v) is 6.44. The first-order chi connectivity index (χ1) is 8.61. The normalized spacial score (nSPS) is 36.6. The molecule has 0 spiro atoms. The summed E-state index contributed by atoms with van der Waals surface area (Å²) in [6, 6.07) is 0. The van der Waals surface area contributed by atoms with Crippen molar-refractivity contribution in [2.24, 2.45) is 0 Å². The van der Waals surface area contributed by atoms with Crippen molar-refractivity contribution < 1.29 is 29.9 Å². The van der Waals surface area contributed by atoms with Crippen LogP contribution in [0.5, 0.6) is 0 Å². The van der Waals surface area contributed by atoms with E-state index in [2.05, 4.69) is 12.2 Å². The van der Waals surface area contributed by atoms with Gasteiger partial charge < -0.3 is 29.9 Å². The van der Waals surface area contributed by atoms with Gasteiger partial charge in [0.2, 0.25) is 0 Å². The number of aliphatic hydroxyl groups is 4. The van der Waals surface area contributed by atoms with Crippen LogP contribution in [0.15, 0.2) is 0 Å². The Morgan fingerprint density at radius 2 is 1.83 bits per heavy atom. The van der Waals surface area contributed by atoms with Crippen molar-refractivity contribution in [3.8, 4) is 0 Å². The molecule has 0 bridgehead atoms. The van der Waals surface area contributed by atoms with E-state index in [4.69, 9.17) is 14.6 Å². The summed E-state index contributed by atoms with van der Waals surface area (Å²) in [5.41, 5.74) is 0. The largest absolute Gasteiger partial charge is 0.394 e. The highest BCUT2D eigenvalue weighted by Gasteiger charge is 2.43. The molecule has 106 valence electrons. The molecule has 1 saturated heterocycles. The molecule has 18 heavy (non-hydrogen) atoms. The smallest absolute Gasteiger partial charge is 0.186 e. The van der Waals surface area contributed by atoms with Gasteiger partial charge >= 0.3 is 0 Å². The number of ether oxygens (including phenoxy) is 2. The maximum absolute atomic E-state index is 9.66. The molecule has 0 aromatic rings. The van der Waals surface area contributed by atoms with Crippen LogP contribution in [0.4, 0.5) is 0 Å². The van der Waals surface area contributed by atoms with E-state index in [1.165, 1.54) is 0 Å². The van der Waals surface area contributed by atoms with Crippen LogP contribution in [0.25, 0.3) is 0 Å². The predicted octanol–water partition coefficient (Wildman–Crippen LogP) is -1.03. The third-order valence-electron chi connectivity index (χ3n) is 2.85. The van der Waals surface area contributed by atoms with E-state index < -0.39 is 37.3 Å². The second-order valence-electron chi connectivity index (χ2n) is 4.23. The number of thiocarbonyl (C=S) groups is 1. The molecular formula is C11H20O6S. The Hall–Kier alpha value is -0.150. The molecule has 7 heteroatoms. The lowest BCUT2D eigenvalue weighted by atomic mass is 9.99. The van der Waals surface area contributed by atoms with E-state index in [1.54, 1.807) is 5.37 Å². The molecule has 0 aromatic carbocycles. The van der Waals surface area contributed by atoms with E-state index in [9.17, 15) is 15.3 Å². The molecule has 1 heterocycles. The minimum atomic E-state index is -1.39. The Kier molecular flexibility index (Phi) is 7.16. The molecule has 0 saturated carbocycles. The highest BCUT2D eigenvalue weighted by molar-refractivity contribution is 7.78. The summed E-state index contributed by atoms with van der Waals surface area (Å²) in [6.07, 6.45) is -3.58. The molecule has 1 aliphatic rings. The van der Waals surface area contributed by atoms with Gasteiger partial charge in [0.25, 0.3) is 0 Å². The quantitative estimate of drug-likeness (QED) is 0.350. The Morgan fingerprint density at radius 3 is 2.44 bits per heavy atom. The number of aliphatic hydroxyl groups excluding tert-OH is 4. The van der Waals surface area contributed by atoms with Crippen molar-refractivity contribution in [1.82, 2.24) is 0 Å². The van der Waals surface area contributed by atoms with Gasteiger partial charge in [-0.3, -0.25) is 0 Å². The van der Waals surface area contributed by atoms with Gasteiger partial charge in [0.05, 0.1) is 6.61 Å². The minimum absolute atomic E-state index is 0.353. The summed E-state index contributed by atoms with van der Waals surface area (Å²) in [5, 5.41) is 39.4. The summed E-state index contributed by atoms with van der Waals surface area (Å²) in [6.45, 7) is -0.0957. The van der Waals surface area contributed by atoms with Crippen LogP contribution in [-0.4, -0.2) is 69.7 Å². The summed E-state index contributed by atoms with van der Waals surface area (Å²) < 4.78 is 10.5. The summed E-state index contributed by atoms with van der Waals surface area (Å²) in [7, 11) is 0. The third-order valence-corrected chi connectivity index (χ3v) is 3.08. The van der Waals surface area contributed by atoms with Crippen LogP contribution in [-0.2, 0) is 9.47 Å². The van der Waals surface area contributed by atoms with Gasteiger partial charge in [-0.2, -0.15) is 0 Å². The molecule has 0 radical (unpaired) electrons. The SMILES string of the molecule is OC[C@H]1O[C@H](OCCCCC=S)[C@@H](O)[C@@H](O)[C@@H]1O. The van der Waals surface area contributed by atoms with Gasteiger partial charge in [-0.25, -0.2) is 0 Å². The van der Waals surface area contributed by atoms with Crippen LogP contribution in [0.2, 0.25) is 0 Å². The third kappa shape index (κ3) is 4.20. The standard InChI is InChI=1S/C11H20O6S/c12-6-7-8(13)9(14)10(15)11(17-7)16-4-2-1-3-5-18/h5,7-15H,1-4,6H2/t7-,8-,9+,10+,11+/m1/s1. The lowest BCUT2D eigenvalue weighted by Gasteiger charge is -2.39. The second-order valence-corrected chi connectivity index (χ2v) is 4.56. The number of hydrogen-bond acceptors (Lipinski definition) is 7. The molecule has 0 unspecified atom stereocenters. The molecule has 4 N–H and O–H groups in total. The summed E-state index contributed by atoms with van der Waals surface area (Å²) in [5.74, 6) is 0. The maximum atomic E-state index is 9.66. The van der Waals surface area contributed by atoms with Gasteiger partial charge in [-0.05, 0) is 24.6 Å². The maximum Gasteiger partial charge on any atom is 0.186 e. The van der Waals surface area contributed by atoms with Crippen molar-refractivity contribution in [2.45, 2.75) is 50.0 Å². The Balaban J connectivity index is 2.37. The average molecular weight is 280 g/mol. The minimum Gasteiger partial charge on any atom is -0.394 e. The zero-order valence-corrected chi connectivity index (χ0v) is 10.8. The fourth-order valence-corrected chi connectivity index (χ4v) is 1.90. The molecule has 0 aromatic heterocycles. The highest BCUT2D eigenvalue weighted by Crippen LogP contribution is 2.22. The lowest BCUT2D eigenvalue weighted by Crippen LogP contribution is -2.59. The zero-order chi connectivity index (χ0) is 13.5. The molecule has 1 rings (SSSR count). The zero-order valence-electron chi connectivity index (χ0n) is 10.0. The van der Waals surface area contributed by atoms with Crippen molar-refractivity contribution in [3.05, 3.63) is 0 Å². The van der Waals surface area contributed by atoms with Crippen LogP contribution in [0, 0.1) is 0 Å². The fourth-order valence-electron chi connectivity index (χ4n) is 1.73. The monoisotopic (exact) mass is 280 g/mol. The Labute approximate surface area is 111 Å². The lowest BCUT2D eigenvalue weighted by molar-refractivity contribution is -0.301. The van der Waals surface area contributed by atoms with Gasteiger partial charge in [0.1, 0.15) is 24.4 Å². The van der Waals surface area contributed by atoms with E-state index in [-0.39, 0.29) is 0 Å². The first kappa shape index (κ1) is 15.9. The Morgan fingerprint density at radius 1 is 1.11 bits per heavy atom. The van der Waals surface area contributed by atoms with Gasteiger partial charge in [0.15, 0.2) is 6.29 Å². The van der Waals surface area contributed by atoms with Crippen LogP contribution < -0.4 is 0 Å². The summed E-state index contributed by atoms with van der Waals surface area (Å²) in [4.78, 5) is 0. The molecule has 6 nitrogen and oxygen atoms in total. The number of hydrogen-bond donors (Lipinski definition) is 4. The van der Waals surface area contributed by atoms with Crippen molar-refractivity contribution >= 4 is 17.6 Å². The van der Waals surface area contributed by atoms with E-state index in [0.29, 0.717) is 6.61 Å². The van der Waals surface area contributed by atoms with Crippen molar-refractivity contribution in [3.63, 3.8) is 0 Å². The molecule has 1 fully saturated rings. The van der Waals surface area contributed by atoms with E-state index in [1.807, 2.05) is 0 Å². The Bertz CT molecular complexity index is 250. The fraction of sp³-hybridized carbons (Fsp3) is 0.909. The molecular weight excluding hydrogens is 260 g/mol. The molecule has 5 atom stereocenters. The van der Waals surface area contributed by atoms with Gasteiger partial charge in [-0.1, -0.05) is 12.2 Å². The van der Waals surface area contributed by atoms with Crippen LogP contribution in [0.1, 0.15) is 19.3 Å². The molecule has 0 amide bonds.